The number of alkyl halides is 2. The standard InChI is InChI=1S/C6H10Cl2O/c1-5(7)3-6(2,8)4-9/h4-5H,3H2,1-2H3. The summed E-state index contributed by atoms with van der Waals surface area (Å²) < 4.78 is 0. The Balaban J connectivity index is 3.71. The van der Waals surface area contributed by atoms with E-state index in [4.69, 9.17) is 23.2 Å². The molecule has 0 aromatic heterocycles. The summed E-state index contributed by atoms with van der Waals surface area (Å²) in [5.74, 6) is 0. The first-order valence-corrected chi connectivity index (χ1v) is 3.59. The van der Waals surface area contributed by atoms with E-state index in [2.05, 4.69) is 0 Å². The van der Waals surface area contributed by atoms with Crippen LogP contribution in [0.4, 0.5) is 0 Å². The van der Waals surface area contributed by atoms with E-state index in [1.54, 1.807) is 6.92 Å². The molecule has 0 aromatic carbocycles. The van der Waals surface area contributed by atoms with Crippen LogP contribution in [-0.4, -0.2) is 16.5 Å². The molecular weight excluding hydrogens is 159 g/mol. The molecule has 0 aliphatic carbocycles. The average molecular weight is 169 g/mol. The highest BCUT2D eigenvalue weighted by Crippen LogP contribution is 2.20. The van der Waals surface area contributed by atoms with Crippen molar-refractivity contribution in [2.45, 2.75) is 30.5 Å². The predicted molar refractivity (Wildman–Crippen MR) is 40.3 cm³/mol. The molecule has 3 heteroatoms. The fourth-order valence-corrected chi connectivity index (χ4v) is 1.23. The van der Waals surface area contributed by atoms with Gasteiger partial charge in [0.15, 0.2) is 0 Å². The highest BCUT2D eigenvalue weighted by Gasteiger charge is 2.21. The lowest BCUT2D eigenvalue weighted by atomic mass is 10.1. The van der Waals surface area contributed by atoms with Crippen LogP contribution < -0.4 is 0 Å². The molecule has 0 spiro atoms. The van der Waals surface area contributed by atoms with Crippen molar-refractivity contribution in [1.82, 2.24) is 0 Å². The summed E-state index contributed by atoms with van der Waals surface area (Å²) in [6.07, 6.45) is 1.23. The first-order chi connectivity index (χ1) is 3.98. The second-order valence-corrected chi connectivity index (χ2v) is 3.99. The summed E-state index contributed by atoms with van der Waals surface area (Å²) in [6.45, 7) is 3.46. The topological polar surface area (TPSA) is 17.1 Å². The molecule has 2 unspecified atom stereocenters. The second-order valence-electron chi connectivity index (χ2n) is 2.38. The number of rotatable bonds is 3. The Morgan fingerprint density at radius 2 is 2.22 bits per heavy atom. The Hall–Kier alpha value is 0.250. The summed E-state index contributed by atoms with van der Waals surface area (Å²) in [5.41, 5.74) is 0. The van der Waals surface area contributed by atoms with Crippen molar-refractivity contribution in [1.29, 1.82) is 0 Å². The van der Waals surface area contributed by atoms with Crippen molar-refractivity contribution in [3.05, 3.63) is 0 Å². The zero-order valence-corrected chi connectivity index (χ0v) is 7.04. The average Bonchev–Trinajstić information content (AvgIpc) is 1.63. The van der Waals surface area contributed by atoms with Crippen molar-refractivity contribution >= 4 is 29.5 Å². The first kappa shape index (κ1) is 9.25. The van der Waals surface area contributed by atoms with Gasteiger partial charge in [-0.05, 0) is 20.3 Å². The minimum atomic E-state index is -0.777. The molecule has 0 bridgehead atoms. The number of carbonyl (C=O) groups is 1. The molecule has 0 saturated carbocycles. The van der Waals surface area contributed by atoms with Crippen molar-refractivity contribution < 1.29 is 4.79 Å². The predicted octanol–water partition coefficient (Wildman–Crippen LogP) is 2.20. The van der Waals surface area contributed by atoms with Crippen LogP contribution in [0.3, 0.4) is 0 Å². The fourth-order valence-electron chi connectivity index (χ4n) is 0.598. The Kier molecular flexibility index (Phi) is 3.52. The molecular formula is C6H10Cl2O. The van der Waals surface area contributed by atoms with Crippen LogP contribution in [0.1, 0.15) is 20.3 Å². The monoisotopic (exact) mass is 168 g/mol. The molecule has 0 rings (SSSR count). The smallest absolute Gasteiger partial charge is 0.140 e. The van der Waals surface area contributed by atoms with Crippen LogP contribution in [0.2, 0.25) is 0 Å². The normalized spacial score (nSPS) is 20.4. The van der Waals surface area contributed by atoms with E-state index in [1.165, 1.54) is 0 Å². The minimum absolute atomic E-state index is 0.0438. The van der Waals surface area contributed by atoms with E-state index in [0.717, 1.165) is 0 Å². The van der Waals surface area contributed by atoms with E-state index < -0.39 is 4.87 Å². The van der Waals surface area contributed by atoms with Crippen LogP contribution in [0.25, 0.3) is 0 Å². The van der Waals surface area contributed by atoms with E-state index in [9.17, 15) is 4.79 Å². The maximum Gasteiger partial charge on any atom is 0.140 e. The third-order valence-corrected chi connectivity index (χ3v) is 1.32. The molecule has 9 heavy (non-hydrogen) atoms. The van der Waals surface area contributed by atoms with Crippen molar-refractivity contribution in [2.75, 3.05) is 0 Å². The molecule has 2 atom stereocenters. The molecule has 0 N–H and O–H groups in total. The SMILES string of the molecule is CC(Cl)CC(C)(Cl)C=O. The number of halogens is 2. The van der Waals surface area contributed by atoms with Gasteiger partial charge in [0, 0.05) is 5.38 Å². The Bertz CT molecular complexity index is 99.2. The van der Waals surface area contributed by atoms with E-state index in [1.807, 2.05) is 6.92 Å². The third-order valence-electron chi connectivity index (χ3n) is 0.926. The largest absolute Gasteiger partial charge is 0.301 e. The van der Waals surface area contributed by atoms with Gasteiger partial charge in [0.05, 0.1) is 4.87 Å². The molecule has 0 radical (unpaired) electrons. The molecule has 0 fully saturated rings. The quantitative estimate of drug-likeness (QED) is 0.467. The van der Waals surface area contributed by atoms with E-state index >= 15 is 0 Å². The molecule has 0 aromatic rings. The summed E-state index contributed by atoms with van der Waals surface area (Å²) in [5, 5.41) is -0.0438. The van der Waals surface area contributed by atoms with Gasteiger partial charge in [-0.1, -0.05) is 0 Å². The van der Waals surface area contributed by atoms with Crippen LogP contribution in [0.15, 0.2) is 0 Å². The summed E-state index contributed by atoms with van der Waals surface area (Å²) >= 11 is 11.3. The van der Waals surface area contributed by atoms with Gasteiger partial charge in [-0.2, -0.15) is 0 Å². The van der Waals surface area contributed by atoms with Gasteiger partial charge in [0.2, 0.25) is 0 Å². The van der Waals surface area contributed by atoms with Gasteiger partial charge in [0.1, 0.15) is 6.29 Å². The number of carbonyl (C=O) groups excluding carboxylic acids is 1. The van der Waals surface area contributed by atoms with Crippen molar-refractivity contribution in [2.24, 2.45) is 0 Å². The highest BCUT2D eigenvalue weighted by molar-refractivity contribution is 6.32. The van der Waals surface area contributed by atoms with Gasteiger partial charge < -0.3 is 4.79 Å². The zero-order chi connectivity index (χ0) is 7.49. The van der Waals surface area contributed by atoms with Crippen LogP contribution >= 0.6 is 23.2 Å². The van der Waals surface area contributed by atoms with Gasteiger partial charge in [0.25, 0.3) is 0 Å². The molecule has 0 heterocycles. The highest BCUT2D eigenvalue weighted by atomic mass is 35.5. The minimum Gasteiger partial charge on any atom is -0.301 e. The first-order valence-electron chi connectivity index (χ1n) is 2.77. The van der Waals surface area contributed by atoms with Crippen molar-refractivity contribution in [3.8, 4) is 0 Å². The Morgan fingerprint density at radius 3 is 2.33 bits per heavy atom. The number of aldehydes is 1. The van der Waals surface area contributed by atoms with Gasteiger partial charge >= 0.3 is 0 Å². The Labute approximate surface area is 65.3 Å². The Morgan fingerprint density at radius 1 is 1.78 bits per heavy atom. The van der Waals surface area contributed by atoms with Crippen LogP contribution in [0.5, 0.6) is 0 Å². The lowest BCUT2D eigenvalue weighted by Crippen LogP contribution is -2.21. The molecule has 54 valence electrons. The summed E-state index contributed by atoms with van der Waals surface area (Å²) in [4.78, 5) is 9.39. The van der Waals surface area contributed by atoms with Crippen LogP contribution in [-0.2, 0) is 4.79 Å². The maximum absolute atomic E-state index is 10.2. The fraction of sp³-hybridized carbons (Fsp3) is 0.833. The molecule has 0 aliphatic heterocycles. The van der Waals surface area contributed by atoms with Gasteiger partial charge in [-0.15, -0.1) is 23.2 Å². The summed E-state index contributed by atoms with van der Waals surface area (Å²) in [6, 6.07) is 0. The number of hydrogen-bond donors (Lipinski definition) is 0. The van der Waals surface area contributed by atoms with E-state index in [0.29, 0.717) is 12.7 Å². The molecule has 0 saturated heterocycles. The third kappa shape index (κ3) is 4.73. The van der Waals surface area contributed by atoms with E-state index in [-0.39, 0.29) is 5.38 Å². The molecule has 0 aliphatic rings. The summed E-state index contributed by atoms with van der Waals surface area (Å²) in [7, 11) is 0. The van der Waals surface area contributed by atoms with Crippen molar-refractivity contribution in [3.63, 3.8) is 0 Å². The maximum atomic E-state index is 10.2. The lowest BCUT2D eigenvalue weighted by molar-refractivity contribution is -0.109. The molecule has 0 amide bonds. The lowest BCUT2D eigenvalue weighted by Gasteiger charge is -2.14. The number of hydrogen-bond acceptors (Lipinski definition) is 1. The van der Waals surface area contributed by atoms with Gasteiger partial charge in [-0.25, -0.2) is 0 Å². The van der Waals surface area contributed by atoms with Crippen LogP contribution in [0, 0.1) is 0 Å². The zero-order valence-electron chi connectivity index (χ0n) is 5.53. The second kappa shape index (κ2) is 3.43. The van der Waals surface area contributed by atoms with Gasteiger partial charge in [-0.3, -0.25) is 0 Å². The molecule has 1 nitrogen and oxygen atoms in total.